The van der Waals surface area contributed by atoms with E-state index in [4.69, 9.17) is 9.84 Å². The highest BCUT2D eigenvalue weighted by molar-refractivity contribution is 14.1. The molecule has 1 saturated heterocycles. The monoisotopic (exact) mass is 374 g/mol. The number of nitrogens with one attached hydrogen (secondary N) is 1. The predicted molar refractivity (Wildman–Crippen MR) is 64.6 cm³/mol. The van der Waals surface area contributed by atoms with Gasteiger partial charge in [-0.05, 0) is 22.6 Å². The zero-order valence-corrected chi connectivity index (χ0v) is 11.1. The number of aromatic amines is 1. The van der Waals surface area contributed by atoms with Crippen molar-refractivity contribution >= 4 is 22.6 Å². The van der Waals surface area contributed by atoms with Crippen LogP contribution in [-0.4, -0.2) is 33.3 Å². The van der Waals surface area contributed by atoms with Crippen molar-refractivity contribution in [2.45, 2.75) is 24.7 Å². The Labute approximate surface area is 113 Å². The molecule has 0 saturated carbocycles. The van der Waals surface area contributed by atoms with Crippen molar-refractivity contribution in [3.63, 3.8) is 0 Å². The van der Waals surface area contributed by atoms with Crippen LogP contribution >= 0.6 is 22.6 Å². The Kier molecular flexibility index (Phi) is 3.56. The molecule has 2 N–H and O–H groups in total. The minimum Gasteiger partial charge on any atom is -0.394 e. The molecule has 0 amide bonds. The first-order chi connectivity index (χ1) is 8.35. The maximum atomic E-state index is 13.7. The van der Waals surface area contributed by atoms with Gasteiger partial charge in [0.15, 0.2) is 0 Å². The van der Waals surface area contributed by atoms with Crippen molar-refractivity contribution in [2.75, 3.05) is 6.61 Å². The Balaban J connectivity index is 2.46. The Morgan fingerprint density at radius 2 is 2.28 bits per heavy atom. The van der Waals surface area contributed by atoms with Gasteiger partial charge in [0.1, 0.15) is 0 Å². The molecule has 0 aliphatic carbocycles. The van der Waals surface area contributed by atoms with Crippen LogP contribution in [0.1, 0.15) is 12.6 Å². The van der Waals surface area contributed by atoms with Gasteiger partial charge in [-0.15, -0.1) is 0 Å². The lowest BCUT2D eigenvalue weighted by molar-refractivity contribution is -0.120. The van der Waals surface area contributed by atoms with Gasteiger partial charge in [0, 0.05) is 12.6 Å². The second-order valence-electron chi connectivity index (χ2n) is 3.90. The first kappa shape index (κ1) is 13.6. The molecule has 2 heterocycles. The van der Waals surface area contributed by atoms with Gasteiger partial charge in [-0.1, -0.05) is 0 Å². The van der Waals surface area contributed by atoms with Crippen molar-refractivity contribution in [1.29, 1.82) is 0 Å². The van der Waals surface area contributed by atoms with Gasteiger partial charge in [0.25, 0.3) is 11.5 Å². The smallest absolute Gasteiger partial charge is 0.330 e. The Bertz CT molecular complexity index is 570. The maximum absolute atomic E-state index is 13.7. The first-order valence-electron chi connectivity index (χ1n) is 5.00. The second-order valence-corrected chi connectivity index (χ2v) is 5.06. The van der Waals surface area contributed by atoms with E-state index < -0.39 is 42.5 Å². The summed E-state index contributed by atoms with van der Waals surface area (Å²) in [6.07, 6.45) is -2.50. The number of aliphatic hydroxyl groups is 1. The number of hydrogen-bond acceptors (Lipinski definition) is 4. The average Bonchev–Trinajstić information content (AvgIpc) is 2.59. The Morgan fingerprint density at radius 3 is 2.83 bits per heavy atom. The van der Waals surface area contributed by atoms with E-state index in [9.17, 15) is 18.4 Å². The molecule has 1 fully saturated rings. The van der Waals surface area contributed by atoms with Crippen LogP contribution in [0.5, 0.6) is 0 Å². The molecule has 2 rings (SSSR count). The second kappa shape index (κ2) is 4.70. The lowest BCUT2D eigenvalue weighted by Gasteiger charge is -2.19. The number of aliphatic hydroxyl groups excluding tert-OH is 1. The summed E-state index contributed by atoms with van der Waals surface area (Å²) in [6, 6.07) is 0. The maximum Gasteiger partial charge on any atom is 0.330 e. The number of ether oxygens (including phenoxy) is 1. The van der Waals surface area contributed by atoms with Gasteiger partial charge in [-0.3, -0.25) is 14.3 Å². The van der Waals surface area contributed by atoms with Crippen LogP contribution in [0.25, 0.3) is 0 Å². The summed E-state index contributed by atoms with van der Waals surface area (Å²) >= 11 is 1.63. The van der Waals surface area contributed by atoms with Crippen LogP contribution < -0.4 is 11.2 Å². The van der Waals surface area contributed by atoms with E-state index in [0.29, 0.717) is 4.57 Å². The molecule has 0 unspecified atom stereocenters. The number of H-pyrrole nitrogens is 1. The topological polar surface area (TPSA) is 84.3 Å². The molecule has 2 atom stereocenters. The summed E-state index contributed by atoms with van der Waals surface area (Å²) in [7, 11) is 0. The van der Waals surface area contributed by atoms with E-state index in [1.165, 1.54) is 0 Å². The molecule has 0 radical (unpaired) electrons. The third kappa shape index (κ3) is 2.34. The largest absolute Gasteiger partial charge is 0.394 e. The summed E-state index contributed by atoms with van der Waals surface area (Å²) in [5.74, 6) is -3.28. The highest BCUT2D eigenvalue weighted by Crippen LogP contribution is 2.41. The zero-order chi connectivity index (χ0) is 13.5. The normalized spacial score (nSPS) is 26.4. The lowest BCUT2D eigenvalue weighted by Crippen LogP contribution is -2.38. The van der Waals surface area contributed by atoms with Crippen molar-refractivity contribution in [2.24, 2.45) is 0 Å². The molecule has 9 heteroatoms. The highest BCUT2D eigenvalue weighted by atomic mass is 127. The standard InChI is InChI=1S/C9H9F2IN2O4/c10-9(11)1-4(3-15)18-7(9)14-2-5(12)6(16)13-8(14)17/h2,4,7,15H,1,3H2,(H,13,16,17)/t4-,7+/m0/s1. The molecule has 0 spiro atoms. The molecule has 1 aliphatic heterocycles. The molecule has 18 heavy (non-hydrogen) atoms. The Morgan fingerprint density at radius 1 is 1.61 bits per heavy atom. The van der Waals surface area contributed by atoms with Gasteiger partial charge in [-0.2, -0.15) is 0 Å². The fraction of sp³-hybridized carbons (Fsp3) is 0.556. The first-order valence-corrected chi connectivity index (χ1v) is 6.08. The molecule has 1 aromatic rings. The lowest BCUT2D eigenvalue weighted by atomic mass is 10.2. The SMILES string of the molecule is O=c1[nH]c(=O)n([C@@H]2O[C@H](CO)CC2(F)F)cc1I. The van der Waals surface area contributed by atoms with Crippen LogP contribution in [0.15, 0.2) is 15.8 Å². The minimum atomic E-state index is -3.28. The van der Waals surface area contributed by atoms with E-state index in [2.05, 4.69) is 0 Å². The van der Waals surface area contributed by atoms with Crippen molar-refractivity contribution in [3.8, 4) is 0 Å². The number of aromatic nitrogens is 2. The summed E-state index contributed by atoms with van der Waals surface area (Å²) in [5.41, 5.74) is -1.61. The fourth-order valence-electron chi connectivity index (χ4n) is 1.75. The van der Waals surface area contributed by atoms with Gasteiger partial charge in [0.05, 0.1) is 16.3 Å². The molecule has 6 nitrogen and oxygen atoms in total. The average molecular weight is 374 g/mol. The van der Waals surface area contributed by atoms with Crippen molar-refractivity contribution in [1.82, 2.24) is 9.55 Å². The number of hydrogen-bond donors (Lipinski definition) is 2. The van der Waals surface area contributed by atoms with Crippen LogP contribution in [0.3, 0.4) is 0 Å². The fourth-order valence-corrected chi connectivity index (χ4v) is 2.18. The summed E-state index contributed by atoms with van der Waals surface area (Å²) in [6.45, 7) is -0.554. The van der Waals surface area contributed by atoms with Crippen LogP contribution in [-0.2, 0) is 4.74 Å². The van der Waals surface area contributed by atoms with Crippen molar-refractivity contribution < 1.29 is 18.6 Å². The number of rotatable bonds is 2. The minimum absolute atomic E-state index is 0.0963. The third-order valence-electron chi connectivity index (χ3n) is 2.56. The van der Waals surface area contributed by atoms with Gasteiger partial charge in [0.2, 0.25) is 6.23 Å². The van der Waals surface area contributed by atoms with E-state index in [1.807, 2.05) is 4.98 Å². The summed E-state index contributed by atoms with van der Waals surface area (Å²) < 4.78 is 33.0. The molecule has 0 bridgehead atoms. The summed E-state index contributed by atoms with van der Waals surface area (Å²) in [5, 5.41) is 8.83. The number of nitrogens with zero attached hydrogens (tertiary/aromatic N) is 1. The predicted octanol–water partition coefficient (Wildman–Crippen LogP) is 0.0563. The van der Waals surface area contributed by atoms with E-state index >= 15 is 0 Å². The highest BCUT2D eigenvalue weighted by Gasteiger charge is 2.51. The molecule has 1 aliphatic rings. The zero-order valence-electron chi connectivity index (χ0n) is 8.90. The molecular formula is C9H9F2IN2O4. The van der Waals surface area contributed by atoms with Crippen LogP contribution in [0.2, 0.25) is 0 Å². The van der Waals surface area contributed by atoms with E-state index in [-0.39, 0.29) is 3.57 Å². The van der Waals surface area contributed by atoms with E-state index in [0.717, 1.165) is 6.20 Å². The Hall–Kier alpha value is -0.810. The molecular weight excluding hydrogens is 365 g/mol. The quantitative estimate of drug-likeness (QED) is 0.718. The van der Waals surface area contributed by atoms with Gasteiger partial charge < -0.3 is 9.84 Å². The third-order valence-corrected chi connectivity index (χ3v) is 3.33. The van der Waals surface area contributed by atoms with Crippen LogP contribution in [0, 0.1) is 3.57 Å². The van der Waals surface area contributed by atoms with E-state index in [1.54, 1.807) is 22.6 Å². The molecule has 100 valence electrons. The van der Waals surface area contributed by atoms with Gasteiger partial charge in [-0.25, -0.2) is 13.6 Å². The van der Waals surface area contributed by atoms with Gasteiger partial charge >= 0.3 is 5.69 Å². The summed E-state index contributed by atoms with van der Waals surface area (Å²) in [4.78, 5) is 24.6. The van der Waals surface area contributed by atoms with Crippen molar-refractivity contribution in [3.05, 3.63) is 30.6 Å². The molecule has 1 aromatic heterocycles. The molecule has 0 aromatic carbocycles. The number of alkyl halides is 2. The van der Waals surface area contributed by atoms with Crippen LogP contribution in [0.4, 0.5) is 8.78 Å². The number of halogens is 3.